The number of benzene rings is 1. The molecule has 0 fully saturated rings. The van der Waals surface area contributed by atoms with E-state index in [1.54, 1.807) is 12.1 Å². The summed E-state index contributed by atoms with van der Waals surface area (Å²) < 4.78 is 0.757. The fourth-order valence-corrected chi connectivity index (χ4v) is 1.70. The van der Waals surface area contributed by atoms with Crippen molar-refractivity contribution in [3.05, 3.63) is 28.2 Å². The first kappa shape index (κ1) is 13.6. The maximum Gasteiger partial charge on any atom is 0.255 e. The number of amides is 1. The van der Waals surface area contributed by atoms with E-state index in [1.807, 2.05) is 0 Å². The van der Waals surface area contributed by atoms with Crippen LogP contribution in [0.3, 0.4) is 0 Å². The van der Waals surface area contributed by atoms with Crippen molar-refractivity contribution in [1.29, 1.82) is 0 Å². The number of rotatable bonds is 5. The van der Waals surface area contributed by atoms with Crippen LogP contribution >= 0.6 is 15.9 Å². The van der Waals surface area contributed by atoms with Crippen LogP contribution in [0.15, 0.2) is 22.7 Å². The highest BCUT2D eigenvalue weighted by Crippen LogP contribution is 2.21. The van der Waals surface area contributed by atoms with Crippen molar-refractivity contribution >= 4 is 21.8 Å². The van der Waals surface area contributed by atoms with E-state index in [1.165, 1.54) is 6.07 Å². The molecule has 0 aromatic heterocycles. The van der Waals surface area contributed by atoms with E-state index in [2.05, 4.69) is 27.2 Å². The highest BCUT2D eigenvalue weighted by molar-refractivity contribution is 9.10. The maximum atomic E-state index is 11.7. The summed E-state index contributed by atoms with van der Waals surface area (Å²) in [4.78, 5) is 11.7. The number of aromatic hydroxyl groups is 1. The Morgan fingerprint density at radius 3 is 2.94 bits per heavy atom. The third-order valence-electron chi connectivity index (χ3n) is 2.24. The summed E-state index contributed by atoms with van der Waals surface area (Å²) >= 11 is 3.25. The molecule has 90 valence electrons. The number of nitrogens with one attached hydrogen (secondary N) is 1. The van der Waals surface area contributed by atoms with Crippen molar-refractivity contribution in [2.24, 2.45) is 0 Å². The molecule has 0 unspecified atom stereocenters. The molecule has 0 bridgehead atoms. The number of terminal acetylenes is 1. The van der Waals surface area contributed by atoms with Crippen LogP contribution in [0.2, 0.25) is 0 Å². The molecule has 0 radical (unpaired) electrons. The van der Waals surface area contributed by atoms with Gasteiger partial charge in [0.25, 0.3) is 5.91 Å². The summed E-state index contributed by atoms with van der Waals surface area (Å²) in [5.74, 6) is 2.25. The molecule has 3 nitrogen and oxygen atoms in total. The Bertz CT molecular complexity index is 438. The van der Waals surface area contributed by atoms with Gasteiger partial charge in [-0.1, -0.05) is 15.9 Å². The van der Waals surface area contributed by atoms with Crippen LogP contribution in [0.25, 0.3) is 0 Å². The van der Waals surface area contributed by atoms with Gasteiger partial charge in [0.2, 0.25) is 0 Å². The molecular formula is C13H14BrNO2. The van der Waals surface area contributed by atoms with Crippen LogP contribution in [0, 0.1) is 12.3 Å². The molecule has 0 atom stereocenters. The Kier molecular flexibility index (Phi) is 5.58. The molecule has 1 amide bonds. The lowest BCUT2D eigenvalue weighted by Crippen LogP contribution is -2.24. The van der Waals surface area contributed by atoms with Gasteiger partial charge in [-0.15, -0.1) is 12.3 Å². The third-order valence-corrected chi connectivity index (χ3v) is 2.73. The predicted molar refractivity (Wildman–Crippen MR) is 70.8 cm³/mol. The van der Waals surface area contributed by atoms with Gasteiger partial charge >= 0.3 is 0 Å². The van der Waals surface area contributed by atoms with Crippen molar-refractivity contribution in [2.45, 2.75) is 19.3 Å². The lowest BCUT2D eigenvalue weighted by Gasteiger charge is -2.06. The van der Waals surface area contributed by atoms with E-state index in [0.29, 0.717) is 6.54 Å². The SMILES string of the molecule is C#CCCCCNC(=O)c1cc(Br)ccc1O. The summed E-state index contributed by atoms with van der Waals surface area (Å²) in [5.41, 5.74) is 0.274. The normalized spacial score (nSPS) is 9.65. The second kappa shape index (κ2) is 6.97. The van der Waals surface area contributed by atoms with Crippen molar-refractivity contribution in [2.75, 3.05) is 6.54 Å². The zero-order chi connectivity index (χ0) is 12.7. The zero-order valence-corrected chi connectivity index (χ0v) is 11.0. The Morgan fingerprint density at radius 2 is 2.24 bits per heavy atom. The summed E-state index contributed by atoms with van der Waals surface area (Å²) in [6, 6.07) is 4.75. The number of carbonyl (C=O) groups excluding carboxylic acids is 1. The summed E-state index contributed by atoms with van der Waals surface area (Å²) in [5, 5.41) is 12.3. The number of hydrogen-bond acceptors (Lipinski definition) is 2. The molecule has 0 saturated heterocycles. The maximum absolute atomic E-state index is 11.7. The average molecular weight is 296 g/mol. The van der Waals surface area contributed by atoms with Crippen LogP contribution < -0.4 is 5.32 Å². The van der Waals surface area contributed by atoms with Crippen LogP contribution in [-0.2, 0) is 0 Å². The Morgan fingerprint density at radius 1 is 1.47 bits per heavy atom. The van der Waals surface area contributed by atoms with Crippen LogP contribution in [0.1, 0.15) is 29.6 Å². The number of unbranched alkanes of at least 4 members (excludes halogenated alkanes) is 2. The topological polar surface area (TPSA) is 49.3 Å². The molecule has 17 heavy (non-hydrogen) atoms. The zero-order valence-electron chi connectivity index (χ0n) is 9.37. The quantitative estimate of drug-likeness (QED) is 0.648. The van der Waals surface area contributed by atoms with Crippen molar-refractivity contribution in [3.8, 4) is 18.1 Å². The molecule has 1 aromatic carbocycles. The molecule has 2 N–H and O–H groups in total. The van der Waals surface area contributed by atoms with E-state index >= 15 is 0 Å². The minimum absolute atomic E-state index is 0.0191. The molecule has 0 aliphatic rings. The Balaban J connectivity index is 2.47. The largest absolute Gasteiger partial charge is 0.507 e. The highest BCUT2D eigenvalue weighted by atomic mass is 79.9. The van der Waals surface area contributed by atoms with Gasteiger partial charge in [0, 0.05) is 17.4 Å². The monoisotopic (exact) mass is 295 g/mol. The van der Waals surface area contributed by atoms with Crippen molar-refractivity contribution < 1.29 is 9.90 Å². The second-order valence-corrected chi connectivity index (χ2v) is 4.49. The first-order chi connectivity index (χ1) is 8.15. The van der Waals surface area contributed by atoms with Gasteiger partial charge < -0.3 is 10.4 Å². The van der Waals surface area contributed by atoms with Crippen LogP contribution in [0.4, 0.5) is 0 Å². The lowest BCUT2D eigenvalue weighted by molar-refractivity contribution is 0.0950. The summed E-state index contributed by atoms with van der Waals surface area (Å²) in [6.07, 6.45) is 7.57. The number of phenols is 1. The fraction of sp³-hybridized carbons (Fsp3) is 0.308. The highest BCUT2D eigenvalue weighted by Gasteiger charge is 2.10. The van der Waals surface area contributed by atoms with Gasteiger partial charge in [0.15, 0.2) is 0 Å². The van der Waals surface area contributed by atoms with Crippen molar-refractivity contribution in [1.82, 2.24) is 5.32 Å². The van der Waals surface area contributed by atoms with Crippen molar-refractivity contribution in [3.63, 3.8) is 0 Å². The first-order valence-corrected chi connectivity index (χ1v) is 6.14. The van der Waals surface area contributed by atoms with Gasteiger partial charge in [0.05, 0.1) is 5.56 Å². The van der Waals surface area contributed by atoms with Crippen LogP contribution in [0.5, 0.6) is 5.75 Å². The number of carbonyl (C=O) groups is 1. The number of phenolic OH excluding ortho intramolecular Hbond substituents is 1. The van der Waals surface area contributed by atoms with E-state index in [0.717, 1.165) is 23.7 Å². The van der Waals surface area contributed by atoms with E-state index < -0.39 is 0 Å². The predicted octanol–water partition coefficient (Wildman–Crippen LogP) is 2.69. The van der Waals surface area contributed by atoms with Gasteiger partial charge in [0.1, 0.15) is 5.75 Å². The molecule has 0 spiro atoms. The third kappa shape index (κ3) is 4.49. The van der Waals surface area contributed by atoms with E-state index in [-0.39, 0.29) is 17.2 Å². The molecule has 4 heteroatoms. The molecular weight excluding hydrogens is 282 g/mol. The first-order valence-electron chi connectivity index (χ1n) is 5.35. The van der Waals surface area contributed by atoms with E-state index in [9.17, 15) is 9.90 Å². The molecule has 0 aliphatic heterocycles. The van der Waals surface area contributed by atoms with Crippen LogP contribution in [-0.4, -0.2) is 17.6 Å². The van der Waals surface area contributed by atoms with Gasteiger partial charge in [-0.3, -0.25) is 4.79 Å². The average Bonchev–Trinajstić information content (AvgIpc) is 2.32. The lowest BCUT2D eigenvalue weighted by atomic mass is 10.2. The molecule has 0 aliphatic carbocycles. The molecule has 1 rings (SSSR count). The number of halogens is 1. The Hall–Kier alpha value is -1.47. The summed E-state index contributed by atoms with van der Waals surface area (Å²) in [6.45, 7) is 0.562. The van der Waals surface area contributed by atoms with Gasteiger partial charge in [-0.2, -0.15) is 0 Å². The van der Waals surface area contributed by atoms with Gasteiger partial charge in [-0.25, -0.2) is 0 Å². The van der Waals surface area contributed by atoms with E-state index in [4.69, 9.17) is 6.42 Å². The smallest absolute Gasteiger partial charge is 0.255 e. The summed E-state index contributed by atoms with van der Waals surface area (Å²) in [7, 11) is 0. The molecule has 0 heterocycles. The number of hydrogen-bond donors (Lipinski definition) is 2. The second-order valence-electron chi connectivity index (χ2n) is 3.58. The minimum Gasteiger partial charge on any atom is -0.507 e. The fourth-order valence-electron chi connectivity index (χ4n) is 1.34. The molecule has 1 aromatic rings. The Labute approximate surface area is 109 Å². The minimum atomic E-state index is -0.274. The standard InChI is InChI=1S/C13H14BrNO2/c1-2-3-4-5-8-15-13(17)11-9-10(14)6-7-12(11)16/h1,6-7,9,16H,3-5,8H2,(H,15,17). The molecule has 0 saturated carbocycles. The van der Waals surface area contributed by atoms with Gasteiger partial charge in [-0.05, 0) is 31.0 Å².